The smallest absolute Gasteiger partial charge is 0.870 e. The molecule has 0 unspecified atom stereocenters. The van der Waals surface area contributed by atoms with E-state index in [4.69, 9.17) is 9.47 Å². The molecule has 1 fully saturated rings. The summed E-state index contributed by atoms with van der Waals surface area (Å²) in [5.74, 6) is -0.253. The number of ether oxygens (including phenoxy) is 3. The molecule has 1 N–H and O–H groups in total. The van der Waals surface area contributed by atoms with Crippen molar-refractivity contribution in [3.8, 4) is 0 Å². The number of allylic oxidation sites excluding steroid dienone is 1. The number of esters is 2. The molecule has 0 saturated carbocycles. The van der Waals surface area contributed by atoms with Crippen molar-refractivity contribution in [1.82, 2.24) is 0 Å². The average Bonchev–Trinajstić information content (AvgIpc) is 3.04. The summed E-state index contributed by atoms with van der Waals surface area (Å²) < 4.78 is 14.4. The van der Waals surface area contributed by atoms with Gasteiger partial charge in [-0.05, 0) is 12.8 Å². The van der Waals surface area contributed by atoms with Gasteiger partial charge in [-0.15, -0.1) is 13.2 Å². The van der Waals surface area contributed by atoms with Crippen molar-refractivity contribution in [2.24, 2.45) is 0 Å². The van der Waals surface area contributed by atoms with E-state index in [0.717, 1.165) is 11.8 Å². The van der Waals surface area contributed by atoms with Gasteiger partial charge in [0.05, 0.1) is 13.2 Å². The number of alkyl halides is 1. The van der Waals surface area contributed by atoms with Crippen LogP contribution in [-0.2, 0) is 23.8 Å². The van der Waals surface area contributed by atoms with E-state index in [1.807, 2.05) is 0 Å². The molecule has 1 saturated heterocycles. The number of hydrogen-bond donors (Lipinski definition) is 0. The molecule has 0 aromatic rings. The monoisotopic (exact) mass is 446 g/mol. The second-order valence-corrected chi connectivity index (χ2v) is 4.85. The minimum Gasteiger partial charge on any atom is -0.870 e. The van der Waals surface area contributed by atoms with Gasteiger partial charge in [-0.3, -0.25) is 9.59 Å². The molecule has 1 heterocycles. The minimum atomic E-state index is -0.206. The third-order valence-corrected chi connectivity index (χ3v) is 2.62. The van der Waals surface area contributed by atoms with Crippen molar-refractivity contribution in [2.75, 3.05) is 31.8 Å². The van der Waals surface area contributed by atoms with Gasteiger partial charge in [-0.2, -0.15) is 0 Å². The van der Waals surface area contributed by atoms with Gasteiger partial charge in [0.1, 0.15) is 6.61 Å². The summed E-state index contributed by atoms with van der Waals surface area (Å²) in [5, 5.41) is 0.896. The van der Waals surface area contributed by atoms with Crippen LogP contribution in [0.15, 0.2) is 38.0 Å². The van der Waals surface area contributed by atoms with Crippen molar-refractivity contribution < 1.29 is 80.7 Å². The van der Waals surface area contributed by atoms with Gasteiger partial charge in [0.25, 0.3) is 0 Å². The van der Waals surface area contributed by atoms with Crippen LogP contribution < -0.4 is 51.4 Å². The summed E-state index contributed by atoms with van der Waals surface area (Å²) in [6, 6.07) is 0. The molecule has 140 valence electrons. The van der Waals surface area contributed by atoms with Crippen LogP contribution in [0.2, 0.25) is 0 Å². The van der Waals surface area contributed by atoms with Crippen molar-refractivity contribution in [3.05, 3.63) is 38.0 Å². The predicted molar refractivity (Wildman–Crippen MR) is 97.5 cm³/mol. The Balaban J connectivity index is -0.000000153. The third kappa shape index (κ3) is 32.4. The van der Waals surface area contributed by atoms with Crippen LogP contribution in [0.4, 0.5) is 0 Å². The number of halogens is 1. The topological polar surface area (TPSA) is 91.8 Å². The van der Waals surface area contributed by atoms with E-state index in [2.05, 4.69) is 40.4 Å². The van der Waals surface area contributed by atoms with E-state index in [0.29, 0.717) is 39.1 Å². The molecule has 0 bridgehead atoms. The molecule has 1 aliphatic heterocycles. The zero-order chi connectivity index (χ0) is 17.8. The Morgan fingerprint density at radius 2 is 1.80 bits per heavy atom. The average molecular weight is 447 g/mol. The Morgan fingerprint density at radius 3 is 2.16 bits per heavy atom. The van der Waals surface area contributed by atoms with Crippen molar-refractivity contribution >= 4 is 27.9 Å². The Kier molecular flexibility index (Phi) is 38.1. The second-order valence-electron chi connectivity index (χ2n) is 4.21. The first kappa shape index (κ1) is 32.8. The maximum Gasteiger partial charge on any atom is 1.00 e. The molecule has 0 aromatic heterocycles. The minimum absolute atomic E-state index is 0. The molecule has 0 aliphatic carbocycles. The summed E-state index contributed by atoms with van der Waals surface area (Å²) >= 11 is 3.13. The number of hydrogen-bond acceptors (Lipinski definition) is 6. The van der Waals surface area contributed by atoms with Crippen LogP contribution in [0, 0.1) is 0 Å². The van der Waals surface area contributed by atoms with Gasteiger partial charge >= 0.3 is 63.3 Å². The van der Waals surface area contributed by atoms with Crippen molar-refractivity contribution in [1.29, 1.82) is 0 Å². The van der Waals surface area contributed by atoms with E-state index in [9.17, 15) is 9.59 Å². The Bertz CT molecular complexity index is 342. The SMILES string of the molecule is C=CCBr.C=CCOCCCC(=O)OCC=C.O=C1CCCO1.[K+].[OH-]. The molecule has 25 heavy (non-hydrogen) atoms. The summed E-state index contributed by atoms with van der Waals surface area (Å²) in [6.07, 6.45) is 7.63. The normalized spacial score (nSPS) is 10.8. The molecule has 0 atom stereocenters. The van der Waals surface area contributed by atoms with Crippen LogP contribution in [0.3, 0.4) is 0 Å². The van der Waals surface area contributed by atoms with E-state index in [-0.39, 0.29) is 75.4 Å². The van der Waals surface area contributed by atoms with Gasteiger partial charge < -0.3 is 19.7 Å². The maximum atomic E-state index is 10.9. The first-order valence-electron chi connectivity index (χ1n) is 7.40. The van der Waals surface area contributed by atoms with Crippen LogP contribution in [0.5, 0.6) is 0 Å². The molecular formula is C17H28BrKO6. The maximum absolute atomic E-state index is 10.9. The van der Waals surface area contributed by atoms with Crippen LogP contribution in [0.25, 0.3) is 0 Å². The van der Waals surface area contributed by atoms with Crippen molar-refractivity contribution in [3.63, 3.8) is 0 Å². The molecule has 0 amide bonds. The summed E-state index contributed by atoms with van der Waals surface area (Å²) in [4.78, 5) is 20.9. The number of carbonyl (C=O) groups is 2. The zero-order valence-electron chi connectivity index (χ0n) is 15.1. The molecule has 0 spiro atoms. The van der Waals surface area contributed by atoms with E-state index in [1.165, 1.54) is 0 Å². The molecular weight excluding hydrogens is 419 g/mol. The van der Waals surface area contributed by atoms with Gasteiger partial charge in [-0.25, -0.2) is 0 Å². The standard InChI is InChI=1S/C10H16O3.C4H6O2.C3H5Br.K.H2O/c1-3-7-12-9-5-6-10(11)13-8-4-2;5-4-2-1-3-6-4;1-2-3-4;;/h3-4H,1-2,5-9H2;1-3H2;2H,1,3H2;;1H2/q;;;+1;/p-1. The summed E-state index contributed by atoms with van der Waals surface area (Å²) in [6.45, 7) is 12.4. The van der Waals surface area contributed by atoms with Gasteiger partial charge in [-0.1, -0.05) is 40.7 Å². The van der Waals surface area contributed by atoms with E-state index < -0.39 is 0 Å². The van der Waals surface area contributed by atoms with Gasteiger partial charge in [0, 0.05) is 24.8 Å². The van der Waals surface area contributed by atoms with Gasteiger partial charge in [0.2, 0.25) is 0 Å². The second kappa shape index (κ2) is 29.0. The molecule has 0 aromatic carbocycles. The first-order chi connectivity index (χ1) is 11.1. The van der Waals surface area contributed by atoms with Crippen LogP contribution >= 0.6 is 15.9 Å². The molecule has 0 radical (unpaired) electrons. The van der Waals surface area contributed by atoms with Gasteiger partial charge in [0.15, 0.2) is 0 Å². The summed E-state index contributed by atoms with van der Waals surface area (Å²) in [5.41, 5.74) is 0. The fourth-order valence-corrected chi connectivity index (χ4v) is 1.18. The number of carbonyl (C=O) groups excluding carboxylic acids is 2. The first-order valence-corrected chi connectivity index (χ1v) is 8.52. The fraction of sp³-hybridized carbons (Fsp3) is 0.529. The number of rotatable bonds is 9. The quantitative estimate of drug-likeness (QED) is 0.167. The molecule has 6 nitrogen and oxygen atoms in total. The predicted octanol–water partition coefficient (Wildman–Crippen LogP) is 0.416. The zero-order valence-corrected chi connectivity index (χ0v) is 19.8. The fourth-order valence-electron chi connectivity index (χ4n) is 1.18. The number of cyclic esters (lactones) is 1. The van der Waals surface area contributed by atoms with E-state index >= 15 is 0 Å². The third-order valence-electron chi connectivity index (χ3n) is 2.16. The Labute approximate surface area is 201 Å². The molecule has 1 aliphatic rings. The van der Waals surface area contributed by atoms with Crippen LogP contribution in [-0.4, -0.2) is 49.2 Å². The Morgan fingerprint density at radius 1 is 1.20 bits per heavy atom. The molecule has 1 rings (SSSR count). The Hall–Kier alpha value is 0.196. The van der Waals surface area contributed by atoms with Crippen LogP contribution in [0.1, 0.15) is 25.7 Å². The van der Waals surface area contributed by atoms with Crippen molar-refractivity contribution in [2.45, 2.75) is 25.7 Å². The molecule has 8 heteroatoms. The van der Waals surface area contributed by atoms with E-state index in [1.54, 1.807) is 18.2 Å². The largest absolute Gasteiger partial charge is 1.00 e. The summed E-state index contributed by atoms with van der Waals surface area (Å²) in [7, 11) is 0.